The van der Waals surface area contributed by atoms with E-state index < -0.39 is 0 Å². The normalized spacial score (nSPS) is 12.2. The van der Waals surface area contributed by atoms with Crippen molar-refractivity contribution in [2.75, 3.05) is 6.61 Å². The molecule has 0 radical (unpaired) electrons. The highest BCUT2D eigenvalue weighted by molar-refractivity contribution is 9.11. The maximum absolute atomic E-state index is 13.1. The maximum Gasteiger partial charge on any atom is 0.133 e. The van der Waals surface area contributed by atoms with Crippen LogP contribution in [0.2, 0.25) is 0 Å². The van der Waals surface area contributed by atoms with E-state index in [2.05, 4.69) is 47.8 Å². The minimum atomic E-state index is -0.256. The van der Waals surface area contributed by atoms with Crippen molar-refractivity contribution in [1.82, 2.24) is 0 Å². The van der Waals surface area contributed by atoms with E-state index >= 15 is 0 Å². The van der Waals surface area contributed by atoms with Crippen LogP contribution >= 0.6 is 47.8 Å². The van der Waals surface area contributed by atoms with Crippen molar-refractivity contribution >= 4 is 47.8 Å². The molecule has 0 saturated carbocycles. The number of rotatable bonds is 4. The standard InChI is InChI=1S/C15H12Br3FO/c1-2-20-14-6-3-9(7-13(14)17)15(18)11-5-4-10(19)8-12(11)16/h3-8,15H,2H2,1H3. The molecule has 0 N–H and O–H groups in total. The van der Waals surface area contributed by atoms with Gasteiger partial charge in [-0.15, -0.1) is 0 Å². The second kappa shape index (κ2) is 7.05. The Kier molecular flexibility index (Phi) is 5.64. The summed E-state index contributed by atoms with van der Waals surface area (Å²) in [6.07, 6.45) is 0. The molecule has 2 aromatic rings. The molecule has 20 heavy (non-hydrogen) atoms. The predicted molar refractivity (Wildman–Crippen MR) is 90.2 cm³/mol. The maximum atomic E-state index is 13.1. The monoisotopic (exact) mass is 464 g/mol. The van der Waals surface area contributed by atoms with Crippen LogP contribution in [0.25, 0.3) is 0 Å². The molecule has 1 nitrogen and oxygen atoms in total. The van der Waals surface area contributed by atoms with Crippen LogP contribution in [0.1, 0.15) is 22.9 Å². The second-order valence-corrected chi connectivity index (χ2v) is 6.78. The lowest BCUT2D eigenvalue weighted by molar-refractivity contribution is 0.338. The summed E-state index contributed by atoms with van der Waals surface area (Å²) in [5, 5.41) is 0. The average molecular weight is 467 g/mol. The lowest BCUT2D eigenvalue weighted by Crippen LogP contribution is -1.97. The van der Waals surface area contributed by atoms with Crippen LogP contribution in [-0.4, -0.2) is 6.61 Å². The summed E-state index contributed by atoms with van der Waals surface area (Å²) in [6, 6.07) is 10.6. The Bertz CT molecular complexity index is 616. The van der Waals surface area contributed by atoms with E-state index in [1.807, 2.05) is 25.1 Å². The second-order valence-electron chi connectivity index (χ2n) is 4.15. The molecule has 0 aliphatic carbocycles. The third kappa shape index (κ3) is 3.62. The van der Waals surface area contributed by atoms with E-state index in [0.717, 1.165) is 25.8 Å². The minimum Gasteiger partial charge on any atom is -0.493 e. The minimum absolute atomic E-state index is 0.0237. The molecule has 2 aromatic carbocycles. The Morgan fingerprint density at radius 1 is 1.10 bits per heavy atom. The molecule has 0 aromatic heterocycles. The van der Waals surface area contributed by atoms with Crippen LogP contribution in [0, 0.1) is 5.82 Å². The first-order chi connectivity index (χ1) is 9.52. The first-order valence-electron chi connectivity index (χ1n) is 6.04. The fraction of sp³-hybridized carbons (Fsp3) is 0.200. The zero-order valence-corrected chi connectivity index (χ0v) is 15.4. The molecule has 1 atom stereocenters. The first kappa shape index (κ1) is 16.0. The van der Waals surface area contributed by atoms with Gasteiger partial charge in [-0.2, -0.15) is 0 Å². The van der Waals surface area contributed by atoms with Crippen molar-refractivity contribution in [1.29, 1.82) is 0 Å². The quantitative estimate of drug-likeness (QED) is 0.485. The van der Waals surface area contributed by atoms with Gasteiger partial charge in [0.25, 0.3) is 0 Å². The first-order valence-corrected chi connectivity index (χ1v) is 8.54. The van der Waals surface area contributed by atoms with E-state index in [0.29, 0.717) is 6.61 Å². The lowest BCUT2D eigenvalue weighted by atomic mass is 10.0. The Labute approximate surface area is 142 Å². The van der Waals surface area contributed by atoms with Gasteiger partial charge in [-0.05, 0) is 58.2 Å². The van der Waals surface area contributed by atoms with E-state index in [9.17, 15) is 4.39 Å². The van der Waals surface area contributed by atoms with Crippen LogP contribution in [-0.2, 0) is 0 Å². The highest BCUT2D eigenvalue weighted by atomic mass is 79.9. The molecule has 106 valence electrons. The third-order valence-corrected chi connectivity index (χ3v) is 5.11. The van der Waals surface area contributed by atoms with Crippen LogP contribution in [0.5, 0.6) is 5.75 Å². The topological polar surface area (TPSA) is 9.23 Å². The highest BCUT2D eigenvalue weighted by Gasteiger charge is 2.15. The highest BCUT2D eigenvalue weighted by Crippen LogP contribution is 2.38. The summed E-state index contributed by atoms with van der Waals surface area (Å²) in [4.78, 5) is -0.0237. The van der Waals surface area contributed by atoms with Crippen molar-refractivity contribution < 1.29 is 9.13 Å². The number of benzene rings is 2. The SMILES string of the molecule is CCOc1ccc(C(Br)c2ccc(F)cc2Br)cc1Br. The summed E-state index contributed by atoms with van der Waals surface area (Å²) in [5.41, 5.74) is 2.04. The van der Waals surface area contributed by atoms with Crippen molar-refractivity contribution in [3.05, 3.63) is 62.3 Å². The molecule has 0 aliphatic heterocycles. The Balaban J connectivity index is 2.33. The Morgan fingerprint density at radius 2 is 1.85 bits per heavy atom. The fourth-order valence-corrected chi connectivity index (χ4v) is 3.92. The summed E-state index contributed by atoms with van der Waals surface area (Å²) >= 11 is 10.6. The number of alkyl halides is 1. The van der Waals surface area contributed by atoms with Gasteiger partial charge in [-0.25, -0.2) is 4.39 Å². The molecule has 0 saturated heterocycles. The van der Waals surface area contributed by atoms with Gasteiger partial charge in [0.15, 0.2) is 0 Å². The van der Waals surface area contributed by atoms with Gasteiger partial charge in [0.1, 0.15) is 11.6 Å². The lowest BCUT2D eigenvalue weighted by Gasteiger charge is -2.14. The molecule has 0 spiro atoms. The van der Waals surface area contributed by atoms with E-state index in [1.165, 1.54) is 12.1 Å². The number of hydrogen-bond donors (Lipinski definition) is 0. The van der Waals surface area contributed by atoms with Crippen LogP contribution < -0.4 is 4.74 Å². The molecular weight excluding hydrogens is 455 g/mol. The van der Waals surface area contributed by atoms with Crippen LogP contribution in [0.3, 0.4) is 0 Å². The molecular formula is C15H12Br3FO. The Hall–Kier alpha value is -0.390. The fourth-order valence-electron chi connectivity index (χ4n) is 1.83. The van der Waals surface area contributed by atoms with E-state index in [4.69, 9.17) is 4.74 Å². The van der Waals surface area contributed by atoms with Gasteiger partial charge < -0.3 is 4.74 Å². The number of ether oxygens (including phenoxy) is 1. The molecule has 0 bridgehead atoms. The molecule has 0 heterocycles. The van der Waals surface area contributed by atoms with Crippen molar-refractivity contribution in [2.45, 2.75) is 11.8 Å². The van der Waals surface area contributed by atoms with E-state index in [-0.39, 0.29) is 10.6 Å². The largest absolute Gasteiger partial charge is 0.493 e. The number of halogens is 4. The summed E-state index contributed by atoms with van der Waals surface area (Å²) < 4.78 is 20.3. The molecule has 5 heteroatoms. The van der Waals surface area contributed by atoms with Crippen LogP contribution in [0.15, 0.2) is 45.3 Å². The predicted octanol–water partition coefficient (Wildman–Crippen LogP) is 6.23. The molecule has 2 rings (SSSR count). The molecule has 0 fully saturated rings. The average Bonchev–Trinajstić information content (AvgIpc) is 2.40. The zero-order valence-electron chi connectivity index (χ0n) is 10.7. The van der Waals surface area contributed by atoms with Gasteiger partial charge >= 0.3 is 0 Å². The van der Waals surface area contributed by atoms with Gasteiger partial charge in [0.2, 0.25) is 0 Å². The smallest absolute Gasteiger partial charge is 0.133 e. The van der Waals surface area contributed by atoms with Gasteiger partial charge in [-0.3, -0.25) is 0 Å². The molecule has 1 unspecified atom stereocenters. The van der Waals surface area contributed by atoms with Gasteiger partial charge in [0.05, 0.1) is 15.9 Å². The van der Waals surface area contributed by atoms with Crippen molar-refractivity contribution in [3.63, 3.8) is 0 Å². The molecule has 0 aliphatic rings. The summed E-state index contributed by atoms with van der Waals surface area (Å²) in [6.45, 7) is 2.57. The third-order valence-electron chi connectivity index (χ3n) is 2.78. The molecule has 0 amide bonds. The summed E-state index contributed by atoms with van der Waals surface area (Å²) in [5.74, 6) is 0.558. The van der Waals surface area contributed by atoms with Crippen molar-refractivity contribution in [3.8, 4) is 5.75 Å². The number of hydrogen-bond acceptors (Lipinski definition) is 1. The summed E-state index contributed by atoms with van der Waals surface area (Å²) in [7, 11) is 0. The zero-order chi connectivity index (χ0) is 14.7. The van der Waals surface area contributed by atoms with Crippen LogP contribution in [0.4, 0.5) is 4.39 Å². The van der Waals surface area contributed by atoms with Gasteiger partial charge in [-0.1, -0.05) is 44.0 Å². The van der Waals surface area contributed by atoms with Crippen molar-refractivity contribution in [2.24, 2.45) is 0 Å². The van der Waals surface area contributed by atoms with E-state index in [1.54, 1.807) is 6.07 Å². The van der Waals surface area contributed by atoms with Gasteiger partial charge in [0, 0.05) is 4.47 Å². The Morgan fingerprint density at radius 3 is 2.45 bits per heavy atom.